The fourth-order valence-electron chi connectivity index (χ4n) is 6.60. The molecule has 42 heavy (non-hydrogen) atoms. The number of fused-ring (bicyclic) bond motifs is 12. The first-order valence-electron chi connectivity index (χ1n) is 14.0. The molecule has 6 aromatic carbocycles. The van der Waals surface area contributed by atoms with Crippen LogP contribution >= 0.6 is 22.7 Å². The van der Waals surface area contributed by atoms with E-state index < -0.39 is 0 Å². The van der Waals surface area contributed by atoms with Gasteiger partial charge < -0.3 is 4.42 Å². The average molecular weight is 573 g/mol. The first-order chi connectivity index (χ1) is 20.8. The Kier molecular flexibility index (Phi) is 4.48. The van der Waals surface area contributed by atoms with Crippen molar-refractivity contribution in [1.29, 1.82) is 0 Å². The van der Waals surface area contributed by atoms with Crippen LogP contribution in [0, 0.1) is 0 Å². The molecule has 0 saturated carbocycles. The largest absolute Gasteiger partial charge is 0.422 e. The van der Waals surface area contributed by atoms with Crippen molar-refractivity contribution in [2.24, 2.45) is 0 Å². The van der Waals surface area contributed by atoms with Crippen molar-refractivity contribution in [1.82, 2.24) is 9.55 Å². The Morgan fingerprint density at radius 1 is 0.524 bits per heavy atom. The Hall–Kier alpha value is -4.97. The van der Waals surface area contributed by atoms with Crippen molar-refractivity contribution in [3.8, 4) is 17.1 Å². The standard InChI is InChI=1S/C37H20N2OS2/c1-2-8-21(9-3-1)22-14-15-26-32(20-22)42-31-19-17-27-36(34(26)31)40-37(38-27)39-28-12-6-4-10-23(28)24-16-18-30-33(35(24)39)25-11-5-7-13-29(25)41-30/h1-20H. The summed E-state index contributed by atoms with van der Waals surface area (Å²) in [6.07, 6.45) is 0. The quantitative estimate of drug-likeness (QED) is 0.206. The Morgan fingerprint density at radius 2 is 1.24 bits per heavy atom. The zero-order valence-corrected chi connectivity index (χ0v) is 23.8. The number of hydrogen-bond acceptors (Lipinski definition) is 4. The van der Waals surface area contributed by atoms with E-state index in [1.165, 1.54) is 56.9 Å². The predicted molar refractivity (Wildman–Crippen MR) is 180 cm³/mol. The van der Waals surface area contributed by atoms with Crippen molar-refractivity contribution >= 4 is 95.9 Å². The number of para-hydroxylation sites is 1. The normalized spacial score (nSPS) is 12.3. The minimum Gasteiger partial charge on any atom is -0.422 e. The highest BCUT2D eigenvalue weighted by Gasteiger charge is 2.22. The molecule has 0 unspecified atom stereocenters. The van der Waals surface area contributed by atoms with Gasteiger partial charge in [-0.15, -0.1) is 22.7 Å². The van der Waals surface area contributed by atoms with Crippen LogP contribution in [0.25, 0.3) is 90.4 Å². The maximum absolute atomic E-state index is 6.82. The molecular formula is C37H20N2OS2. The topological polar surface area (TPSA) is 31.0 Å². The van der Waals surface area contributed by atoms with Crippen LogP contribution in [-0.2, 0) is 0 Å². The Bertz CT molecular complexity index is 2690. The van der Waals surface area contributed by atoms with Crippen LogP contribution in [0.4, 0.5) is 0 Å². The van der Waals surface area contributed by atoms with Gasteiger partial charge in [-0.25, -0.2) is 0 Å². The second-order valence-corrected chi connectivity index (χ2v) is 12.9. The average Bonchev–Trinajstić information content (AvgIpc) is 3.80. The van der Waals surface area contributed by atoms with Gasteiger partial charge in [0.05, 0.1) is 11.0 Å². The Labute approximate surface area is 247 Å². The summed E-state index contributed by atoms with van der Waals surface area (Å²) in [5, 5.41) is 7.28. The molecule has 3 nitrogen and oxygen atoms in total. The van der Waals surface area contributed by atoms with Gasteiger partial charge in [0.2, 0.25) is 0 Å². The molecule has 0 aliphatic rings. The minimum absolute atomic E-state index is 0.603. The van der Waals surface area contributed by atoms with Crippen LogP contribution in [0.1, 0.15) is 0 Å². The van der Waals surface area contributed by atoms with Crippen molar-refractivity contribution < 1.29 is 4.42 Å². The van der Waals surface area contributed by atoms with Crippen LogP contribution < -0.4 is 0 Å². The molecular weight excluding hydrogens is 553 g/mol. The number of benzene rings is 6. The molecule has 0 N–H and O–H groups in total. The zero-order chi connectivity index (χ0) is 27.4. The van der Waals surface area contributed by atoms with E-state index in [4.69, 9.17) is 9.40 Å². The van der Waals surface area contributed by atoms with Crippen LogP contribution in [0.3, 0.4) is 0 Å². The highest BCUT2D eigenvalue weighted by molar-refractivity contribution is 7.26. The summed E-state index contributed by atoms with van der Waals surface area (Å²) < 4.78 is 14.1. The number of hydrogen-bond donors (Lipinski definition) is 0. The minimum atomic E-state index is 0.603. The molecule has 10 rings (SSSR count). The summed E-state index contributed by atoms with van der Waals surface area (Å²) in [5.41, 5.74) is 6.41. The highest BCUT2D eigenvalue weighted by atomic mass is 32.1. The molecule has 0 atom stereocenters. The van der Waals surface area contributed by atoms with Gasteiger partial charge in [0.1, 0.15) is 5.52 Å². The van der Waals surface area contributed by atoms with Crippen molar-refractivity contribution in [2.75, 3.05) is 0 Å². The lowest BCUT2D eigenvalue weighted by atomic mass is 10.0. The number of oxazole rings is 1. The van der Waals surface area contributed by atoms with Gasteiger partial charge in [-0.2, -0.15) is 4.98 Å². The third kappa shape index (κ3) is 3.01. The third-order valence-corrected chi connectivity index (χ3v) is 10.7. The fraction of sp³-hybridized carbons (Fsp3) is 0. The molecule has 0 aliphatic heterocycles. The van der Waals surface area contributed by atoms with Crippen molar-refractivity contribution in [3.05, 3.63) is 121 Å². The fourth-order valence-corrected chi connectivity index (χ4v) is 8.86. The first-order valence-corrected chi connectivity index (χ1v) is 15.6. The molecule has 5 heteroatoms. The molecule has 4 aromatic heterocycles. The molecule has 0 fully saturated rings. The van der Waals surface area contributed by atoms with Gasteiger partial charge >= 0.3 is 6.01 Å². The summed E-state index contributed by atoms with van der Waals surface area (Å²) in [7, 11) is 0. The third-order valence-electron chi connectivity index (χ3n) is 8.45. The lowest BCUT2D eigenvalue weighted by Gasteiger charge is -2.04. The Morgan fingerprint density at radius 3 is 2.17 bits per heavy atom. The summed E-state index contributed by atoms with van der Waals surface area (Å²) in [5.74, 6) is 0. The van der Waals surface area contributed by atoms with E-state index in [1.807, 2.05) is 22.7 Å². The zero-order valence-electron chi connectivity index (χ0n) is 22.2. The molecule has 10 aromatic rings. The van der Waals surface area contributed by atoms with E-state index in [9.17, 15) is 0 Å². The van der Waals surface area contributed by atoms with E-state index in [2.05, 4.69) is 126 Å². The maximum Gasteiger partial charge on any atom is 0.307 e. The van der Waals surface area contributed by atoms with Gasteiger partial charge in [-0.1, -0.05) is 84.9 Å². The number of thiophene rings is 2. The van der Waals surface area contributed by atoms with Crippen molar-refractivity contribution in [3.63, 3.8) is 0 Å². The summed E-state index contributed by atoms with van der Waals surface area (Å²) in [6, 6.07) is 44.0. The predicted octanol–water partition coefficient (Wildman–Crippen LogP) is 11.3. The smallest absolute Gasteiger partial charge is 0.307 e. The van der Waals surface area contributed by atoms with Crippen LogP contribution in [0.2, 0.25) is 0 Å². The van der Waals surface area contributed by atoms with Gasteiger partial charge in [-0.3, -0.25) is 4.57 Å². The second-order valence-electron chi connectivity index (χ2n) is 10.7. The van der Waals surface area contributed by atoms with E-state index in [1.54, 1.807) is 0 Å². The summed E-state index contributed by atoms with van der Waals surface area (Å²) in [4.78, 5) is 5.13. The number of rotatable bonds is 2. The van der Waals surface area contributed by atoms with Crippen LogP contribution in [0.15, 0.2) is 126 Å². The number of nitrogens with zero attached hydrogens (tertiary/aromatic N) is 2. The van der Waals surface area contributed by atoms with Crippen LogP contribution in [-0.4, -0.2) is 9.55 Å². The molecule has 0 aliphatic carbocycles. The molecule has 0 spiro atoms. The van der Waals surface area contributed by atoms with Gasteiger partial charge in [0, 0.05) is 51.1 Å². The SMILES string of the molecule is c1ccc(-c2ccc3c(c2)sc2ccc4nc(-n5c6ccccc6c6ccc7sc8ccccc8c7c65)oc4c23)cc1. The number of aromatic nitrogens is 2. The molecule has 0 amide bonds. The molecule has 196 valence electrons. The molecule has 0 radical (unpaired) electrons. The van der Waals surface area contributed by atoms with Gasteiger partial charge in [0.15, 0.2) is 5.58 Å². The molecule has 4 heterocycles. The Balaban J connectivity index is 1.29. The van der Waals surface area contributed by atoms with E-state index in [0.717, 1.165) is 27.5 Å². The summed E-state index contributed by atoms with van der Waals surface area (Å²) in [6.45, 7) is 0. The lowest BCUT2D eigenvalue weighted by Crippen LogP contribution is -1.94. The molecule has 0 saturated heterocycles. The highest BCUT2D eigenvalue weighted by Crippen LogP contribution is 2.44. The molecule has 0 bridgehead atoms. The lowest BCUT2D eigenvalue weighted by molar-refractivity contribution is 0.577. The van der Waals surface area contributed by atoms with Gasteiger partial charge in [0.25, 0.3) is 0 Å². The van der Waals surface area contributed by atoms with E-state index in [-0.39, 0.29) is 0 Å². The first kappa shape index (κ1) is 22.7. The van der Waals surface area contributed by atoms with Gasteiger partial charge in [-0.05, 0) is 47.5 Å². The van der Waals surface area contributed by atoms with Crippen molar-refractivity contribution in [2.45, 2.75) is 0 Å². The van der Waals surface area contributed by atoms with Crippen LogP contribution in [0.5, 0.6) is 0 Å². The van der Waals surface area contributed by atoms with E-state index >= 15 is 0 Å². The summed E-state index contributed by atoms with van der Waals surface area (Å²) >= 11 is 3.64. The van der Waals surface area contributed by atoms with E-state index in [0.29, 0.717) is 6.01 Å². The maximum atomic E-state index is 6.82. The second kappa shape index (κ2) is 8.29. The monoisotopic (exact) mass is 572 g/mol.